The molecule has 78 heavy (non-hydrogen) atoms. The minimum absolute atomic E-state index is 0.550. The van der Waals surface area contributed by atoms with Gasteiger partial charge in [0.1, 0.15) is 11.0 Å². The quantitative estimate of drug-likeness (QED) is 0.149. The van der Waals surface area contributed by atoms with Gasteiger partial charge in [-0.3, -0.25) is 0 Å². The van der Waals surface area contributed by atoms with Gasteiger partial charge in [-0.1, -0.05) is 158 Å². The summed E-state index contributed by atoms with van der Waals surface area (Å²) in [7, 11) is 4.34. The number of nitrogens with zero attached hydrogens (tertiary/aromatic N) is 6. The Bertz CT molecular complexity index is 4020. The highest BCUT2D eigenvalue weighted by Crippen LogP contribution is 2.65. The second-order valence-electron chi connectivity index (χ2n) is 19.8. The molecule has 0 spiro atoms. The SMILES string of the molecule is CN1c2ccccc2N(c2c(-c3cccc(-c4nc5ccccc5o4)c3)c(-c3ccccc3)c(-c3ccccc3)c(-c3cccc(-c4nc5ccccc5o4)c3)c2N2c3ccccc3N(C)c3ccccc32)c2ccccc21. The van der Waals surface area contributed by atoms with Crippen molar-refractivity contribution in [3.63, 3.8) is 0 Å². The van der Waals surface area contributed by atoms with E-state index in [-0.39, 0.29) is 0 Å². The fourth-order valence-electron chi connectivity index (χ4n) is 11.9. The van der Waals surface area contributed by atoms with E-state index in [2.05, 4.69) is 240 Å². The molecular formula is C70H48N6O2. The molecule has 0 radical (unpaired) electrons. The molecular weight excluding hydrogens is 957 g/mol. The molecule has 2 aliphatic heterocycles. The van der Waals surface area contributed by atoms with Crippen LogP contribution in [0.5, 0.6) is 0 Å². The first-order valence-corrected chi connectivity index (χ1v) is 26.3. The Kier molecular flexibility index (Phi) is 10.5. The number of rotatable bonds is 8. The van der Waals surface area contributed by atoms with Gasteiger partial charge in [-0.25, -0.2) is 9.97 Å². The minimum atomic E-state index is 0.550. The fourth-order valence-corrected chi connectivity index (χ4v) is 11.9. The average Bonchev–Trinajstić information content (AvgIpc) is 4.22. The van der Waals surface area contributed by atoms with Gasteiger partial charge in [0.2, 0.25) is 11.8 Å². The molecule has 0 saturated carbocycles. The molecule has 11 aromatic carbocycles. The lowest BCUT2D eigenvalue weighted by Gasteiger charge is -2.45. The lowest BCUT2D eigenvalue weighted by molar-refractivity contribution is 0.619. The van der Waals surface area contributed by atoms with Crippen molar-refractivity contribution in [3.8, 4) is 67.4 Å². The molecule has 0 saturated heterocycles. The van der Waals surface area contributed by atoms with E-state index in [0.29, 0.717) is 11.8 Å². The zero-order valence-corrected chi connectivity index (χ0v) is 42.7. The van der Waals surface area contributed by atoms with E-state index >= 15 is 0 Å². The van der Waals surface area contributed by atoms with E-state index in [0.717, 1.165) is 135 Å². The lowest BCUT2D eigenvalue weighted by Crippen LogP contribution is -2.28. The number of aromatic nitrogens is 2. The normalized spacial score (nSPS) is 12.6. The molecule has 0 aliphatic carbocycles. The standard InChI is InChI=1S/C70H48N6O2/c1-73-53-33-11-15-37-57(53)75(58-38-16-12-34-54(58)73)67-65(47-27-21-29-49(43-47)69-71-51-31-9-19-41-61(51)77-69)63(45-23-5-3-6-24-45)64(46-25-7-4-8-26-46)66(48-28-22-30-50(44-48)70-72-52-32-10-20-42-62(52)78-70)68(67)76-59-39-17-13-35-55(59)74(2)56-36-14-18-40-60(56)76/h3-44H,1-2H3. The van der Waals surface area contributed by atoms with Crippen LogP contribution in [-0.2, 0) is 0 Å². The van der Waals surface area contributed by atoms with Crippen molar-refractivity contribution in [2.75, 3.05) is 33.7 Å². The van der Waals surface area contributed by atoms with Gasteiger partial charge in [0.25, 0.3) is 0 Å². The number of hydrogen-bond acceptors (Lipinski definition) is 8. The zero-order valence-electron chi connectivity index (χ0n) is 42.7. The van der Waals surface area contributed by atoms with Gasteiger partial charge < -0.3 is 28.4 Å². The van der Waals surface area contributed by atoms with Crippen LogP contribution in [0.15, 0.2) is 264 Å². The van der Waals surface area contributed by atoms with E-state index in [1.165, 1.54) is 0 Å². The first-order valence-electron chi connectivity index (χ1n) is 26.3. The highest BCUT2D eigenvalue weighted by atomic mass is 16.4. The predicted octanol–water partition coefficient (Wildman–Crippen LogP) is 19.1. The Labute approximate surface area is 451 Å². The van der Waals surface area contributed by atoms with Crippen LogP contribution in [0.3, 0.4) is 0 Å². The molecule has 8 nitrogen and oxygen atoms in total. The maximum absolute atomic E-state index is 6.60. The number of oxazole rings is 2. The topological polar surface area (TPSA) is 65.0 Å². The van der Waals surface area contributed by atoms with Crippen molar-refractivity contribution in [1.82, 2.24) is 9.97 Å². The predicted molar refractivity (Wildman–Crippen MR) is 320 cm³/mol. The molecule has 2 aromatic heterocycles. The molecule has 13 aromatic rings. The summed E-state index contributed by atoms with van der Waals surface area (Å²) in [6, 6.07) is 90.4. The maximum atomic E-state index is 6.60. The van der Waals surface area contributed by atoms with Crippen molar-refractivity contribution < 1.29 is 8.83 Å². The molecule has 0 unspecified atom stereocenters. The molecule has 0 amide bonds. The van der Waals surface area contributed by atoms with Crippen molar-refractivity contribution in [3.05, 3.63) is 255 Å². The van der Waals surface area contributed by atoms with Crippen LogP contribution in [0, 0.1) is 0 Å². The van der Waals surface area contributed by atoms with E-state index in [4.69, 9.17) is 18.8 Å². The number of para-hydroxylation sites is 12. The van der Waals surface area contributed by atoms with Crippen molar-refractivity contribution in [2.24, 2.45) is 0 Å². The van der Waals surface area contributed by atoms with Crippen molar-refractivity contribution in [1.29, 1.82) is 0 Å². The summed E-state index contributed by atoms with van der Waals surface area (Å²) in [4.78, 5) is 19.9. The fraction of sp³-hybridized carbons (Fsp3) is 0.0286. The van der Waals surface area contributed by atoms with Crippen molar-refractivity contribution in [2.45, 2.75) is 0 Å². The molecule has 0 bridgehead atoms. The molecule has 2 aliphatic rings. The van der Waals surface area contributed by atoms with E-state index < -0.39 is 0 Å². The largest absolute Gasteiger partial charge is 0.436 e. The van der Waals surface area contributed by atoms with E-state index in [1.54, 1.807) is 0 Å². The third kappa shape index (κ3) is 7.15. The summed E-state index contributed by atoms with van der Waals surface area (Å²) < 4.78 is 13.2. The summed E-state index contributed by atoms with van der Waals surface area (Å²) >= 11 is 0. The average molecular weight is 1010 g/mol. The van der Waals surface area contributed by atoms with E-state index in [1.807, 2.05) is 48.5 Å². The summed E-state index contributed by atoms with van der Waals surface area (Å²) in [6.07, 6.45) is 0. The minimum Gasteiger partial charge on any atom is -0.436 e. The first kappa shape index (κ1) is 45.0. The number of hydrogen-bond donors (Lipinski definition) is 0. The zero-order chi connectivity index (χ0) is 51.8. The van der Waals surface area contributed by atoms with Gasteiger partial charge in [-0.05, 0) is 119 Å². The highest BCUT2D eigenvalue weighted by molar-refractivity contribution is 6.20. The monoisotopic (exact) mass is 1000 g/mol. The Morgan fingerprint density at radius 2 is 0.564 bits per heavy atom. The van der Waals surface area contributed by atoms with Crippen LogP contribution in [0.2, 0.25) is 0 Å². The van der Waals surface area contributed by atoms with Crippen LogP contribution in [0.4, 0.5) is 56.9 Å². The number of fused-ring (bicyclic) bond motifs is 6. The lowest BCUT2D eigenvalue weighted by atomic mass is 9.79. The maximum Gasteiger partial charge on any atom is 0.227 e. The summed E-state index contributed by atoms with van der Waals surface area (Å²) in [5.41, 5.74) is 23.4. The first-order chi connectivity index (χ1) is 38.6. The summed E-state index contributed by atoms with van der Waals surface area (Å²) in [5.74, 6) is 1.10. The van der Waals surface area contributed by atoms with Crippen LogP contribution in [0.25, 0.3) is 89.6 Å². The van der Waals surface area contributed by atoms with Crippen molar-refractivity contribution >= 4 is 79.1 Å². The van der Waals surface area contributed by atoms with Gasteiger partial charge in [-0.15, -0.1) is 0 Å². The molecule has 0 atom stereocenters. The summed E-state index contributed by atoms with van der Waals surface area (Å²) in [6.45, 7) is 0. The molecule has 8 heteroatoms. The Hall–Kier alpha value is -10.4. The van der Waals surface area contributed by atoms with Gasteiger partial charge in [0.05, 0.1) is 56.9 Å². The second kappa shape index (κ2) is 18.1. The highest BCUT2D eigenvalue weighted by Gasteiger charge is 2.40. The van der Waals surface area contributed by atoms with Gasteiger partial charge in [-0.2, -0.15) is 0 Å². The molecule has 4 heterocycles. The Morgan fingerprint density at radius 3 is 0.923 bits per heavy atom. The molecule has 370 valence electrons. The molecule has 15 rings (SSSR count). The Morgan fingerprint density at radius 1 is 0.269 bits per heavy atom. The van der Waals surface area contributed by atoms with Crippen LogP contribution >= 0.6 is 0 Å². The van der Waals surface area contributed by atoms with Crippen LogP contribution in [-0.4, -0.2) is 24.1 Å². The third-order valence-corrected chi connectivity index (χ3v) is 15.3. The number of anilines is 10. The van der Waals surface area contributed by atoms with Gasteiger partial charge in [0, 0.05) is 47.5 Å². The molecule has 0 fully saturated rings. The van der Waals surface area contributed by atoms with Crippen LogP contribution < -0.4 is 19.6 Å². The second-order valence-corrected chi connectivity index (χ2v) is 19.8. The number of benzene rings is 11. The molecule has 0 N–H and O–H groups in total. The van der Waals surface area contributed by atoms with E-state index in [9.17, 15) is 0 Å². The smallest absolute Gasteiger partial charge is 0.227 e. The van der Waals surface area contributed by atoms with Crippen LogP contribution in [0.1, 0.15) is 0 Å². The van der Waals surface area contributed by atoms with Gasteiger partial charge >= 0.3 is 0 Å². The summed E-state index contributed by atoms with van der Waals surface area (Å²) in [5, 5.41) is 0. The Balaban J connectivity index is 1.19. The third-order valence-electron chi connectivity index (χ3n) is 15.3. The van der Waals surface area contributed by atoms with Gasteiger partial charge in [0.15, 0.2) is 11.2 Å².